The normalized spacial score (nSPS) is 19.4. The maximum Gasteiger partial charge on any atom is 0.488 e. The Morgan fingerprint density at radius 1 is 1.35 bits per heavy atom. The zero-order chi connectivity index (χ0) is 12.5. The van der Waals surface area contributed by atoms with Crippen LogP contribution < -0.4 is 5.46 Å². The molecule has 0 aliphatic carbocycles. The molecule has 0 spiro atoms. The Kier molecular flexibility index (Phi) is 3.53. The first-order valence-corrected chi connectivity index (χ1v) is 7.03. The van der Waals surface area contributed by atoms with Crippen molar-refractivity contribution in [1.82, 2.24) is 4.31 Å². The van der Waals surface area contributed by atoms with Crippen molar-refractivity contribution in [2.24, 2.45) is 0 Å². The summed E-state index contributed by atoms with van der Waals surface area (Å²) in [5, 5.41) is 18.1. The maximum absolute atomic E-state index is 11.6. The third kappa shape index (κ3) is 2.87. The molecule has 0 atom stereocenters. The molecule has 1 aliphatic rings. The molecule has 5 nitrogen and oxygen atoms in total. The SMILES string of the molecule is O=S1(=O)CCCN1Cc1cccc(B(O)O)c1. The standard InChI is InChI=1S/C10H14BNO4S/c13-11(14)10-4-1-3-9(7-10)8-12-5-2-6-17(12,15)16/h1,3-4,7,13-14H,2,5-6,8H2. The lowest BCUT2D eigenvalue weighted by Gasteiger charge is -2.14. The Morgan fingerprint density at radius 3 is 2.71 bits per heavy atom. The van der Waals surface area contributed by atoms with Crippen molar-refractivity contribution in [2.75, 3.05) is 12.3 Å². The highest BCUT2D eigenvalue weighted by molar-refractivity contribution is 7.89. The fourth-order valence-corrected chi connectivity index (χ4v) is 3.43. The van der Waals surface area contributed by atoms with Gasteiger partial charge in [0.25, 0.3) is 0 Å². The van der Waals surface area contributed by atoms with E-state index in [4.69, 9.17) is 10.0 Å². The van der Waals surface area contributed by atoms with Gasteiger partial charge in [0.05, 0.1) is 5.75 Å². The number of rotatable bonds is 3. The first-order chi connectivity index (χ1) is 7.99. The molecule has 7 heteroatoms. The summed E-state index contributed by atoms with van der Waals surface area (Å²) in [5.41, 5.74) is 1.14. The molecular weight excluding hydrogens is 241 g/mol. The van der Waals surface area contributed by atoms with Crippen LogP contribution in [0.15, 0.2) is 24.3 Å². The molecule has 0 bridgehead atoms. The van der Waals surface area contributed by atoms with Crippen LogP contribution in [0.4, 0.5) is 0 Å². The second-order valence-corrected chi connectivity index (χ2v) is 6.21. The molecule has 0 saturated carbocycles. The molecule has 1 saturated heterocycles. The van der Waals surface area contributed by atoms with Gasteiger partial charge in [-0.05, 0) is 17.4 Å². The second kappa shape index (κ2) is 4.77. The Morgan fingerprint density at radius 2 is 2.12 bits per heavy atom. The van der Waals surface area contributed by atoms with Gasteiger partial charge in [-0.1, -0.05) is 24.3 Å². The van der Waals surface area contributed by atoms with Crippen molar-refractivity contribution in [3.8, 4) is 0 Å². The molecule has 1 aliphatic heterocycles. The molecule has 0 amide bonds. The molecule has 1 heterocycles. The van der Waals surface area contributed by atoms with E-state index in [-0.39, 0.29) is 5.75 Å². The summed E-state index contributed by atoms with van der Waals surface area (Å²) in [6.45, 7) is 0.830. The van der Waals surface area contributed by atoms with Gasteiger partial charge >= 0.3 is 7.12 Å². The van der Waals surface area contributed by atoms with Crippen molar-refractivity contribution in [3.63, 3.8) is 0 Å². The van der Waals surface area contributed by atoms with Crippen molar-refractivity contribution < 1.29 is 18.5 Å². The Hall–Kier alpha value is -0.885. The first-order valence-electron chi connectivity index (χ1n) is 5.42. The van der Waals surface area contributed by atoms with E-state index in [1.165, 1.54) is 4.31 Å². The topological polar surface area (TPSA) is 77.8 Å². The minimum atomic E-state index is -3.11. The molecule has 0 radical (unpaired) electrons. The predicted molar refractivity (Wildman–Crippen MR) is 65.1 cm³/mol. The summed E-state index contributed by atoms with van der Waals surface area (Å²) in [4.78, 5) is 0. The van der Waals surface area contributed by atoms with Crippen LogP contribution in [0.1, 0.15) is 12.0 Å². The van der Waals surface area contributed by atoms with E-state index < -0.39 is 17.1 Å². The summed E-state index contributed by atoms with van der Waals surface area (Å²) < 4.78 is 24.7. The van der Waals surface area contributed by atoms with Crippen LogP contribution in [0.5, 0.6) is 0 Å². The van der Waals surface area contributed by atoms with Gasteiger partial charge in [0.15, 0.2) is 0 Å². The highest BCUT2D eigenvalue weighted by atomic mass is 32.2. The van der Waals surface area contributed by atoms with Gasteiger partial charge in [0.1, 0.15) is 0 Å². The highest BCUT2D eigenvalue weighted by Crippen LogP contribution is 2.16. The van der Waals surface area contributed by atoms with Gasteiger partial charge in [-0.2, -0.15) is 4.31 Å². The summed E-state index contributed by atoms with van der Waals surface area (Å²) in [7, 11) is -4.63. The molecule has 1 fully saturated rings. The average Bonchev–Trinajstić information content (AvgIpc) is 2.59. The van der Waals surface area contributed by atoms with Gasteiger partial charge < -0.3 is 10.0 Å². The Bertz CT molecular complexity index is 503. The molecule has 0 aromatic heterocycles. The quantitative estimate of drug-likeness (QED) is 0.672. The molecule has 17 heavy (non-hydrogen) atoms. The predicted octanol–water partition coefficient (Wildman–Crippen LogP) is -1.10. The largest absolute Gasteiger partial charge is 0.488 e. The fraction of sp³-hybridized carbons (Fsp3) is 0.400. The zero-order valence-corrected chi connectivity index (χ0v) is 10.1. The third-order valence-electron chi connectivity index (χ3n) is 2.81. The van der Waals surface area contributed by atoms with E-state index in [1.807, 2.05) is 0 Å². The minimum absolute atomic E-state index is 0.204. The van der Waals surface area contributed by atoms with E-state index in [2.05, 4.69) is 0 Å². The molecule has 92 valence electrons. The van der Waals surface area contributed by atoms with Gasteiger partial charge in [0, 0.05) is 13.1 Å². The molecular formula is C10H14BNO4S. The molecule has 2 rings (SSSR count). The van der Waals surface area contributed by atoms with Gasteiger partial charge in [0.2, 0.25) is 10.0 Å². The number of hydrogen-bond donors (Lipinski definition) is 2. The fourth-order valence-electron chi connectivity index (χ4n) is 1.92. The summed E-state index contributed by atoms with van der Waals surface area (Å²) in [6.07, 6.45) is 0.657. The van der Waals surface area contributed by atoms with Crippen molar-refractivity contribution in [3.05, 3.63) is 29.8 Å². The Balaban J connectivity index is 2.16. The van der Waals surface area contributed by atoms with Crippen molar-refractivity contribution >= 4 is 22.6 Å². The molecule has 1 aromatic carbocycles. The van der Waals surface area contributed by atoms with Crippen LogP contribution in [-0.2, 0) is 16.6 Å². The van der Waals surface area contributed by atoms with Crippen LogP contribution in [0.25, 0.3) is 0 Å². The average molecular weight is 255 g/mol. The van der Waals surface area contributed by atoms with E-state index in [0.717, 1.165) is 5.56 Å². The molecule has 0 unspecified atom stereocenters. The third-order valence-corrected chi connectivity index (χ3v) is 4.71. The van der Waals surface area contributed by atoms with Gasteiger partial charge in [-0.3, -0.25) is 0 Å². The zero-order valence-electron chi connectivity index (χ0n) is 9.28. The lowest BCUT2D eigenvalue weighted by Crippen LogP contribution is -2.31. The van der Waals surface area contributed by atoms with Gasteiger partial charge in [-0.15, -0.1) is 0 Å². The van der Waals surface area contributed by atoms with Gasteiger partial charge in [-0.25, -0.2) is 8.42 Å². The van der Waals surface area contributed by atoms with Crippen LogP contribution in [0, 0.1) is 0 Å². The number of benzene rings is 1. The second-order valence-electron chi connectivity index (χ2n) is 4.12. The summed E-state index contributed by atoms with van der Waals surface area (Å²) >= 11 is 0. The molecule has 2 N–H and O–H groups in total. The molecule has 1 aromatic rings. The maximum atomic E-state index is 11.6. The highest BCUT2D eigenvalue weighted by Gasteiger charge is 2.28. The summed E-state index contributed by atoms with van der Waals surface area (Å²) in [5.74, 6) is 0.204. The van der Waals surface area contributed by atoms with Crippen molar-refractivity contribution in [2.45, 2.75) is 13.0 Å². The van der Waals surface area contributed by atoms with E-state index in [1.54, 1.807) is 24.3 Å². The number of nitrogens with zero attached hydrogens (tertiary/aromatic N) is 1. The lowest BCUT2D eigenvalue weighted by atomic mass is 9.80. The Labute approximate surface area is 101 Å². The van der Waals surface area contributed by atoms with Crippen LogP contribution in [-0.4, -0.2) is 42.2 Å². The summed E-state index contributed by atoms with van der Waals surface area (Å²) in [6, 6.07) is 6.66. The van der Waals surface area contributed by atoms with Crippen LogP contribution in [0.2, 0.25) is 0 Å². The lowest BCUT2D eigenvalue weighted by molar-refractivity contribution is 0.425. The first kappa shape index (κ1) is 12.6. The van der Waals surface area contributed by atoms with Crippen LogP contribution in [0.3, 0.4) is 0 Å². The van der Waals surface area contributed by atoms with E-state index in [9.17, 15) is 8.42 Å². The van der Waals surface area contributed by atoms with Crippen molar-refractivity contribution in [1.29, 1.82) is 0 Å². The van der Waals surface area contributed by atoms with Crippen LogP contribution >= 0.6 is 0 Å². The monoisotopic (exact) mass is 255 g/mol. The van der Waals surface area contributed by atoms with E-state index in [0.29, 0.717) is 25.0 Å². The number of hydrogen-bond acceptors (Lipinski definition) is 4. The smallest absolute Gasteiger partial charge is 0.423 e. The minimum Gasteiger partial charge on any atom is -0.423 e. The number of sulfonamides is 1. The van der Waals surface area contributed by atoms with E-state index >= 15 is 0 Å².